The smallest absolute Gasteiger partial charge is 0.329 e. The molecule has 9 nitrogen and oxygen atoms in total. The number of rotatable bonds is 6. The van der Waals surface area contributed by atoms with Gasteiger partial charge < -0.3 is 4.74 Å². The Morgan fingerprint density at radius 3 is 2.72 bits per heavy atom. The maximum atomic E-state index is 12.6. The third kappa shape index (κ3) is 4.32. The minimum Gasteiger partial charge on any atom is -0.496 e. The molecule has 0 saturated heterocycles. The number of hydrogen-bond donors (Lipinski definition) is 2. The molecule has 0 aliphatic rings. The van der Waals surface area contributed by atoms with Gasteiger partial charge in [-0.2, -0.15) is 10.1 Å². The van der Waals surface area contributed by atoms with Crippen molar-refractivity contribution < 1.29 is 4.74 Å². The van der Waals surface area contributed by atoms with Crippen molar-refractivity contribution in [1.29, 1.82) is 0 Å². The zero-order valence-corrected chi connectivity index (χ0v) is 19.4. The second kappa shape index (κ2) is 9.01. The molecule has 0 aliphatic heterocycles. The lowest BCUT2D eigenvalue weighted by Crippen LogP contribution is -2.29. The number of hydrogen-bond acceptors (Lipinski definition) is 6. The summed E-state index contributed by atoms with van der Waals surface area (Å²) in [5.41, 5.74) is 3.92. The van der Waals surface area contributed by atoms with Crippen molar-refractivity contribution in [3.8, 4) is 5.75 Å². The Balaban J connectivity index is 1.78. The van der Waals surface area contributed by atoms with Crippen molar-refractivity contribution in [3.63, 3.8) is 0 Å². The Hall–Kier alpha value is -3.37. The summed E-state index contributed by atoms with van der Waals surface area (Å²) in [6.45, 7) is 0.313. The molecule has 4 rings (SSSR count). The summed E-state index contributed by atoms with van der Waals surface area (Å²) in [7, 11) is 3.12. The first kappa shape index (κ1) is 21.8. The maximum Gasteiger partial charge on any atom is 0.329 e. The average Bonchev–Trinajstić information content (AvgIpc) is 3.13. The molecule has 2 aromatic heterocycles. The van der Waals surface area contributed by atoms with Crippen LogP contribution in [-0.2, 0) is 13.6 Å². The third-order valence-electron chi connectivity index (χ3n) is 4.82. The predicted molar refractivity (Wildman–Crippen MR) is 128 cm³/mol. The number of nitrogens with one attached hydrogen (secondary N) is 2. The van der Waals surface area contributed by atoms with Gasteiger partial charge in [0.25, 0.3) is 5.56 Å². The SMILES string of the molecule is COc1ccc(Br)cc1C=NNc1nc2c(c(=O)[nH]c(=O)n2C)n1Cc1ccc(Cl)cc1. The van der Waals surface area contributed by atoms with Crippen molar-refractivity contribution in [2.24, 2.45) is 12.1 Å². The molecule has 4 aromatic rings. The van der Waals surface area contributed by atoms with E-state index in [-0.39, 0.29) is 11.2 Å². The van der Waals surface area contributed by atoms with Crippen LogP contribution in [0.5, 0.6) is 5.75 Å². The largest absolute Gasteiger partial charge is 0.496 e. The first-order chi connectivity index (χ1) is 15.4. The molecule has 0 spiro atoms. The van der Waals surface area contributed by atoms with Crippen molar-refractivity contribution in [1.82, 2.24) is 19.1 Å². The van der Waals surface area contributed by atoms with Gasteiger partial charge in [-0.15, -0.1) is 0 Å². The Morgan fingerprint density at radius 2 is 2.00 bits per heavy atom. The number of halogens is 2. The Kier molecular flexibility index (Phi) is 6.15. The average molecular weight is 518 g/mol. The number of aromatic nitrogens is 4. The quantitative estimate of drug-likeness (QED) is 0.301. The summed E-state index contributed by atoms with van der Waals surface area (Å²) in [6, 6.07) is 12.8. The van der Waals surface area contributed by atoms with Crippen LogP contribution in [0.25, 0.3) is 11.2 Å². The van der Waals surface area contributed by atoms with Gasteiger partial charge in [0.05, 0.1) is 19.9 Å². The molecule has 0 atom stereocenters. The molecule has 2 aromatic carbocycles. The standard InChI is InChI=1S/C21H18BrClN6O3/c1-28-18-17(19(30)26-21(28)31)29(11-12-3-6-15(23)7-4-12)20(25-18)27-24-10-13-9-14(22)5-8-16(13)32-2/h3-10H,11H2,1-2H3,(H,25,27)(H,26,30,31). The maximum absolute atomic E-state index is 12.6. The molecule has 164 valence electrons. The molecule has 2 N–H and O–H groups in total. The second-order valence-electron chi connectivity index (χ2n) is 6.89. The summed E-state index contributed by atoms with van der Waals surface area (Å²) in [4.78, 5) is 31.4. The first-order valence-electron chi connectivity index (χ1n) is 9.44. The van der Waals surface area contributed by atoms with E-state index >= 15 is 0 Å². The molecule has 0 amide bonds. The summed E-state index contributed by atoms with van der Waals surface area (Å²) in [6.07, 6.45) is 1.58. The number of aromatic amines is 1. The number of benzene rings is 2. The number of anilines is 1. The molecule has 32 heavy (non-hydrogen) atoms. The summed E-state index contributed by atoms with van der Waals surface area (Å²) >= 11 is 9.42. The van der Waals surface area contributed by atoms with E-state index in [0.717, 1.165) is 15.6 Å². The minimum absolute atomic E-state index is 0.241. The van der Waals surface area contributed by atoms with Crippen LogP contribution in [0.3, 0.4) is 0 Å². The van der Waals surface area contributed by atoms with E-state index in [4.69, 9.17) is 16.3 Å². The molecule has 0 radical (unpaired) electrons. The van der Waals surface area contributed by atoms with Gasteiger partial charge >= 0.3 is 5.69 Å². The lowest BCUT2D eigenvalue weighted by Gasteiger charge is -2.09. The van der Waals surface area contributed by atoms with Crippen molar-refractivity contribution in [3.05, 3.63) is 83.9 Å². The summed E-state index contributed by atoms with van der Waals surface area (Å²) < 4.78 is 9.16. The number of nitrogens with zero attached hydrogens (tertiary/aromatic N) is 4. The van der Waals surface area contributed by atoms with Crippen LogP contribution in [-0.4, -0.2) is 32.4 Å². The normalized spacial score (nSPS) is 11.4. The fraction of sp³-hybridized carbons (Fsp3) is 0.143. The van der Waals surface area contributed by atoms with Crippen molar-refractivity contribution in [2.75, 3.05) is 12.5 Å². The fourth-order valence-electron chi connectivity index (χ4n) is 3.21. The minimum atomic E-state index is -0.549. The van der Waals surface area contributed by atoms with E-state index in [1.807, 2.05) is 30.3 Å². The highest BCUT2D eigenvalue weighted by Crippen LogP contribution is 2.22. The van der Waals surface area contributed by atoms with E-state index in [1.165, 1.54) is 4.57 Å². The number of imidazole rings is 1. The zero-order valence-electron chi connectivity index (χ0n) is 17.1. The van der Waals surface area contributed by atoms with Gasteiger partial charge in [-0.05, 0) is 35.9 Å². The summed E-state index contributed by atoms with van der Waals surface area (Å²) in [5.74, 6) is 0.944. The van der Waals surface area contributed by atoms with Crippen LogP contribution in [0.4, 0.5) is 5.95 Å². The van der Waals surface area contributed by atoms with Crippen LogP contribution < -0.4 is 21.4 Å². The number of aryl methyl sites for hydroxylation is 1. The molecule has 0 fully saturated rings. The van der Waals surface area contributed by atoms with Gasteiger partial charge in [-0.25, -0.2) is 10.2 Å². The predicted octanol–water partition coefficient (Wildman–Crippen LogP) is 3.34. The lowest BCUT2D eigenvalue weighted by atomic mass is 10.2. The molecule has 0 unspecified atom stereocenters. The summed E-state index contributed by atoms with van der Waals surface area (Å²) in [5, 5.41) is 4.88. The van der Waals surface area contributed by atoms with Crippen LogP contribution in [0.1, 0.15) is 11.1 Å². The monoisotopic (exact) mass is 516 g/mol. The molecule has 0 bridgehead atoms. The number of fused-ring (bicyclic) bond motifs is 1. The molecule has 0 saturated carbocycles. The Labute approximate surface area is 195 Å². The molecule has 11 heteroatoms. The van der Waals surface area contributed by atoms with Gasteiger partial charge in [-0.1, -0.05) is 39.7 Å². The van der Waals surface area contributed by atoms with Gasteiger partial charge in [0.15, 0.2) is 11.2 Å². The van der Waals surface area contributed by atoms with E-state index < -0.39 is 11.2 Å². The Bertz CT molecular complexity index is 1440. The van der Waals surface area contributed by atoms with Crippen LogP contribution in [0.2, 0.25) is 5.02 Å². The van der Waals surface area contributed by atoms with E-state index in [9.17, 15) is 9.59 Å². The van der Waals surface area contributed by atoms with E-state index in [0.29, 0.717) is 23.3 Å². The number of methoxy groups -OCH3 is 1. The Morgan fingerprint density at radius 1 is 1.25 bits per heavy atom. The van der Waals surface area contributed by atoms with Gasteiger partial charge in [0.2, 0.25) is 5.95 Å². The number of ether oxygens (including phenoxy) is 1. The topological polar surface area (TPSA) is 106 Å². The van der Waals surface area contributed by atoms with Crippen molar-refractivity contribution >= 4 is 50.9 Å². The van der Waals surface area contributed by atoms with E-state index in [2.05, 4.69) is 36.4 Å². The number of hydrazone groups is 1. The van der Waals surface area contributed by atoms with Crippen LogP contribution in [0, 0.1) is 0 Å². The van der Waals surface area contributed by atoms with Crippen LogP contribution in [0.15, 0.2) is 61.6 Å². The fourth-order valence-corrected chi connectivity index (χ4v) is 3.72. The van der Waals surface area contributed by atoms with E-state index in [1.54, 1.807) is 37.1 Å². The molecule has 2 heterocycles. The highest BCUT2D eigenvalue weighted by molar-refractivity contribution is 9.10. The van der Waals surface area contributed by atoms with Gasteiger partial charge in [0.1, 0.15) is 5.75 Å². The van der Waals surface area contributed by atoms with Gasteiger partial charge in [-0.3, -0.25) is 18.9 Å². The second-order valence-corrected chi connectivity index (χ2v) is 8.25. The van der Waals surface area contributed by atoms with Gasteiger partial charge in [0, 0.05) is 22.1 Å². The highest BCUT2D eigenvalue weighted by atomic mass is 79.9. The third-order valence-corrected chi connectivity index (χ3v) is 5.57. The first-order valence-corrected chi connectivity index (χ1v) is 10.6. The number of H-pyrrole nitrogens is 1. The lowest BCUT2D eigenvalue weighted by molar-refractivity contribution is 0.414. The van der Waals surface area contributed by atoms with Crippen molar-refractivity contribution in [2.45, 2.75) is 6.54 Å². The van der Waals surface area contributed by atoms with Crippen LogP contribution >= 0.6 is 27.5 Å². The molecular weight excluding hydrogens is 500 g/mol. The highest BCUT2D eigenvalue weighted by Gasteiger charge is 2.17. The molecular formula is C21H18BrClN6O3. The zero-order chi connectivity index (χ0) is 22.8. The molecule has 0 aliphatic carbocycles.